The number of carbonyl (C=O) groups excluding carboxylic acids is 1. The van der Waals surface area contributed by atoms with Gasteiger partial charge in [-0.25, -0.2) is 0 Å². The van der Waals surface area contributed by atoms with Gasteiger partial charge < -0.3 is 15.0 Å². The van der Waals surface area contributed by atoms with Gasteiger partial charge in [-0.2, -0.15) is 0 Å². The van der Waals surface area contributed by atoms with Gasteiger partial charge in [0, 0.05) is 25.2 Å². The fraction of sp³-hybridized carbons (Fsp3) is 0.562. The Kier molecular flexibility index (Phi) is 7.36. The van der Waals surface area contributed by atoms with Crippen LogP contribution in [-0.4, -0.2) is 28.1 Å². The molecule has 6 heteroatoms. The van der Waals surface area contributed by atoms with E-state index in [1.165, 1.54) is 10.6 Å². The lowest BCUT2D eigenvalue weighted by Gasteiger charge is -2.18. The van der Waals surface area contributed by atoms with Crippen LogP contribution in [0.25, 0.3) is 0 Å². The summed E-state index contributed by atoms with van der Waals surface area (Å²) in [6.07, 6.45) is 4.45. The minimum Gasteiger partial charge on any atom is -0.481 e. The van der Waals surface area contributed by atoms with Crippen molar-refractivity contribution in [2.75, 3.05) is 6.54 Å². The number of carboxylic acid groups (broad SMARTS) is 1. The van der Waals surface area contributed by atoms with Crippen molar-refractivity contribution in [3.8, 4) is 0 Å². The summed E-state index contributed by atoms with van der Waals surface area (Å²) in [5, 5.41) is 11.3. The normalized spacial score (nSPS) is 11.9. The Bertz CT molecular complexity index is 566. The molecule has 1 heterocycles. The Morgan fingerprint density at radius 2 is 2.05 bits per heavy atom. The Hall–Kier alpha value is -2.11. The third kappa shape index (κ3) is 5.71. The summed E-state index contributed by atoms with van der Waals surface area (Å²) in [5.41, 5.74) is 0.693. The maximum Gasteiger partial charge on any atom is 0.303 e. The van der Waals surface area contributed by atoms with E-state index in [1.807, 2.05) is 19.9 Å². The Morgan fingerprint density at radius 3 is 2.64 bits per heavy atom. The molecule has 0 aliphatic heterocycles. The van der Waals surface area contributed by atoms with Gasteiger partial charge in [0.25, 0.3) is 5.56 Å². The highest BCUT2D eigenvalue weighted by atomic mass is 16.4. The lowest BCUT2D eigenvalue weighted by atomic mass is 10.1. The molecule has 22 heavy (non-hydrogen) atoms. The fourth-order valence-electron chi connectivity index (χ4n) is 2.26. The molecule has 2 N–H and O–H groups in total. The van der Waals surface area contributed by atoms with Crippen molar-refractivity contribution in [2.24, 2.45) is 0 Å². The maximum absolute atomic E-state index is 12.2. The van der Waals surface area contributed by atoms with Crippen LogP contribution in [0.1, 0.15) is 50.6 Å². The number of aliphatic carboxylic acids is 1. The average molecular weight is 308 g/mol. The molecule has 0 bridgehead atoms. The Labute approximate surface area is 130 Å². The van der Waals surface area contributed by atoms with E-state index in [0.717, 1.165) is 18.4 Å². The highest BCUT2D eigenvalue weighted by molar-refractivity contribution is 5.80. The highest BCUT2D eigenvalue weighted by Crippen LogP contribution is 2.09. The predicted octanol–water partition coefficient (Wildman–Crippen LogP) is 1.87. The third-order valence-electron chi connectivity index (χ3n) is 3.50. The van der Waals surface area contributed by atoms with E-state index in [-0.39, 0.29) is 17.9 Å². The van der Waals surface area contributed by atoms with Crippen LogP contribution in [0.15, 0.2) is 23.1 Å². The number of aryl methyl sites for hydroxylation is 1. The number of pyridine rings is 1. The van der Waals surface area contributed by atoms with Crippen molar-refractivity contribution in [1.82, 2.24) is 9.88 Å². The SMILES string of the molecule is CCC(C(=O)NCCCCCC(=O)O)n1ccc(C)cc1=O. The van der Waals surface area contributed by atoms with E-state index in [9.17, 15) is 14.4 Å². The zero-order chi connectivity index (χ0) is 16.5. The summed E-state index contributed by atoms with van der Waals surface area (Å²) in [5.74, 6) is -0.972. The zero-order valence-electron chi connectivity index (χ0n) is 13.2. The summed E-state index contributed by atoms with van der Waals surface area (Å²) >= 11 is 0. The quantitative estimate of drug-likeness (QED) is 0.682. The topological polar surface area (TPSA) is 88.4 Å². The lowest BCUT2D eigenvalue weighted by Crippen LogP contribution is -2.37. The third-order valence-corrected chi connectivity index (χ3v) is 3.50. The number of carbonyl (C=O) groups is 2. The summed E-state index contributed by atoms with van der Waals surface area (Å²) in [6.45, 7) is 4.20. The van der Waals surface area contributed by atoms with Crippen molar-refractivity contribution < 1.29 is 14.7 Å². The molecule has 0 aromatic carbocycles. The standard InChI is InChI=1S/C16H24N2O4/c1-3-13(18-10-8-12(2)11-14(18)19)16(22)17-9-6-4-5-7-15(20)21/h8,10-11,13H,3-7,9H2,1-2H3,(H,17,22)(H,20,21). The average Bonchev–Trinajstić information content (AvgIpc) is 2.45. The largest absolute Gasteiger partial charge is 0.481 e. The Morgan fingerprint density at radius 1 is 1.32 bits per heavy atom. The molecule has 0 fully saturated rings. The minimum absolute atomic E-state index is 0.157. The maximum atomic E-state index is 12.2. The van der Waals surface area contributed by atoms with E-state index in [4.69, 9.17) is 5.11 Å². The number of amides is 1. The smallest absolute Gasteiger partial charge is 0.303 e. The van der Waals surface area contributed by atoms with Crippen molar-refractivity contribution >= 4 is 11.9 Å². The number of rotatable bonds is 9. The molecule has 1 amide bonds. The van der Waals surface area contributed by atoms with Crippen LogP contribution >= 0.6 is 0 Å². The zero-order valence-corrected chi connectivity index (χ0v) is 13.2. The van der Waals surface area contributed by atoms with Crippen LogP contribution < -0.4 is 10.9 Å². The number of nitrogens with one attached hydrogen (secondary N) is 1. The molecule has 6 nitrogen and oxygen atoms in total. The van der Waals surface area contributed by atoms with Gasteiger partial charge in [-0.15, -0.1) is 0 Å². The lowest BCUT2D eigenvalue weighted by molar-refractivity contribution is -0.137. The van der Waals surface area contributed by atoms with Crippen molar-refractivity contribution in [3.63, 3.8) is 0 Å². The molecule has 0 spiro atoms. The number of hydrogen-bond donors (Lipinski definition) is 2. The van der Waals surface area contributed by atoms with E-state index < -0.39 is 12.0 Å². The number of carboxylic acids is 1. The van der Waals surface area contributed by atoms with Gasteiger partial charge in [0.1, 0.15) is 6.04 Å². The van der Waals surface area contributed by atoms with E-state index in [0.29, 0.717) is 19.4 Å². The molecule has 0 aliphatic carbocycles. The van der Waals surface area contributed by atoms with E-state index >= 15 is 0 Å². The van der Waals surface area contributed by atoms with Crippen LogP contribution in [0.2, 0.25) is 0 Å². The molecule has 0 saturated carbocycles. The number of unbranched alkanes of at least 4 members (excludes halogenated alkanes) is 2. The molecular formula is C16H24N2O4. The molecule has 1 aromatic rings. The minimum atomic E-state index is -0.797. The molecule has 0 radical (unpaired) electrons. The van der Waals surface area contributed by atoms with Gasteiger partial charge >= 0.3 is 5.97 Å². The predicted molar refractivity (Wildman–Crippen MR) is 83.9 cm³/mol. The molecule has 122 valence electrons. The number of nitrogens with zero attached hydrogens (tertiary/aromatic N) is 1. The molecule has 1 atom stereocenters. The van der Waals surface area contributed by atoms with Gasteiger partial charge in [-0.1, -0.05) is 13.3 Å². The fourth-order valence-corrected chi connectivity index (χ4v) is 2.26. The first-order valence-corrected chi connectivity index (χ1v) is 7.64. The van der Waals surface area contributed by atoms with Crippen LogP contribution in [0, 0.1) is 6.92 Å². The van der Waals surface area contributed by atoms with Crippen molar-refractivity contribution in [3.05, 3.63) is 34.2 Å². The van der Waals surface area contributed by atoms with E-state index in [1.54, 1.807) is 6.20 Å². The molecule has 0 aliphatic rings. The summed E-state index contributed by atoms with van der Waals surface area (Å²) < 4.78 is 1.45. The monoisotopic (exact) mass is 308 g/mol. The van der Waals surface area contributed by atoms with Gasteiger partial charge in [0.05, 0.1) is 0 Å². The second-order valence-corrected chi connectivity index (χ2v) is 5.37. The van der Waals surface area contributed by atoms with Crippen LogP contribution in [0.4, 0.5) is 0 Å². The molecule has 1 aromatic heterocycles. The van der Waals surface area contributed by atoms with Crippen molar-refractivity contribution in [1.29, 1.82) is 0 Å². The first-order valence-electron chi connectivity index (χ1n) is 7.64. The van der Waals surface area contributed by atoms with Gasteiger partial charge in [0.15, 0.2) is 0 Å². The van der Waals surface area contributed by atoms with Gasteiger partial charge in [-0.3, -0.25) is 14.4 Å². The van der Waals surface area contributed by atoms with Crippen LogP contribution in [0.3, 0.4) is 0 Å². The second kappa shape index (κ2) is 9.02. The van der Waals surface area contributed by atoms with Crippen LogP contribution in [0.5, 0.6) is 0 Å². The molecule has 1 unspecified atom stereocenters. The first-order chi connectivity index (χ1) is 10.5. The Balaban J connectivity index is 2.48. The molecule has 0 saturated heterocycles. The summed E-state index contributed by atoms with van der Waals surface area (Å²) in [7, 11) is 0. The van der Waals surface area contributed by atoms with E-state index in [2.05, 4.69) is 5.32 Å². The molecule has 1 rings (SSSR count). The summed E-state index contributed by atoms with van der Waals surface area (Å²) in [4.78, 5) is 34.5. The van der Waals surface area contributed by atoms with Crippen molar-refractivity contribution in [2.45, 2.75) is 52.0 Å². The molecular weight excluding hydrogens is 284 g/mol. The highest BCUT2D eigenvalue weighted by Gasteiger charge is 2.18. The van der Waals surface area contributed by atoms with Crippen LogP contribution in [-0.2, 0) is 9.59 Å². The van der Waals surface area contributed by atoms with Gasteiger partial charge in [0.2, 0.25) is 5.91 Å². The first kappa shape index (κ1) is 17.9. The number of hydrogen-bond acceptors (Lipinski definition) is 3. The summed E-state index contributed by atoms with van der Waals surface area (Å²) in [6, 6.07) is 2.82. The van der Waals surface area contributed by atoms with Gasteiger partial charge in [-0.05, 0) is 37.8 Å². The second-order valence-electron chi connectivity index (χ2n) is 5.37. The number of aromatic nitrogens is 1.